The molecule has 0 heterocycles. The van der Waals surface area contributed by atoms with E-state index in [1.165, 1.54) is 18.0 Å². The first-order valence-corrected chi connectivity index (χ1v) is 5.47. The number of allylic oxidation sites excluding steroid dienone is 2. The van der Waals surface area contributed by atoms with Crippen LogP contribution >= 0.6 is 0 Å². The monoisotopic (exact) mass is 158 g/mol. The molecule has 0 saturated carbocycles. The third-order valence-corrected chi connectivity index (χ3v) is 2.54. The molecule has 0 saturated heterocycles. The first kappa shape index (κ1) is 9.92. The first-order chi connectivity index (χ1) is 4.85. The highest BCUT2D eigenvalue weighted by Crippen LogP contribution is 2.04. The molecule has 0 aliphatic heterocycles. The zero-order valence-corrected chi connectivity index (χ0v) is 8.47. The van der Waals surface area contributed by atoms with Crippen molar-refractivity contribution in [2.45, 2.75) is 39.5 Å². The Morgan fingerprint density at radius 3 is 2.50 bits per heavy atom. The summed E-state index contributed by atoms with van der Waals surface area (Å²) in [6, 6.07) is 0. The van der Waals surface area contributed by atoms with Crippen LogP contribution in [0.15, 0.2) is 11.3 Å². The van der Waals surface area contributed by atoms with Crippen molar-refractivity contribution in [2.75, 3.05) is 0 Å². The minimum Gasteiger partial charge on any atom is -0.434 e. The summed E-state index contributed by atoms with van der Waals surface area (Å²) in [6.45, 7) is 4.32. The molecule has 10 heavy (non-hydrogen) atoms. The maximum absolute atomic E-state index is 8.95. The van der Waals surface area contributed by atoms with E-state index in [1.54, 1.807) is 0 Å². The Hall–Kier alpha value is -0.0831. The number of hydrogen-bond donors (Lipinski definition) is 1. The second-order valence-electron chi connectivity index (χ2n) is 2.56. The molecular weight excluding hydrogens is 140 g/mol. The van der Waals surface area contributed by atoms with E-state index in [0.717, 1.165) is 12.8 Å². The second kappa shape index (κ2) is 7.03. The highest BCUT2D eigenvalue weighted by Gasteiger charge is 1.92. The van der Waals surface area contributed by atoms with Crippen LogP contribution in [0.3, 0.4) is 0 Å². The van der Waals surface area contributed by atoms with E-state index in [2.05, 4.69) is 19.9 Å². The minimum atomic E-state index is -0.842. The third-order valence-electron chi connectivity index (χ3n) is 1.50. The molecule has 0 aromatic rings. The normalized spacial score (nSPS) is 13.3. The standard InChI is InChI=1S/C8H18OSi/c1-3-5-7-8(10-9)6-4-2/h7,9H,3-6,10H2,1-2H3. The topological polar surface area (TPSA) is 20.2 Å². The predicted octanol–water partition coefficient (Wildman–Crippen LogP) is 1.55. The SMILES string of the molecule is CCCC=C(CCC)[SiH2]O. The molecule has 0 aliphatic rings. The lowest BCUT2D eigenvalue weighted by molar-refractivity contribution is 0.606. The second-order valence-corrected chi connectivity index (χ2v) is 3.78. The van der Waals surface area contributed by atoms with E-state index in [0.29, 0.717) is 0 Å². The van der Waals surface area contributed by atoms with Crippen molar-refractivity contribution < 1.29 is 4.80 Å². The van der Waals surface area contributed by atoms with Gasteiger partial charge in [-0.25, -0.2) is 0 Å². The lowest BCUT2D eigenvalue weighted by atomic mass is 10.2. The number of unbranched alkanes of at least 4 members (excludes halogenated alkanes) is 1. The minimum absolute atomic E-state index is 0.842. The molecule has 0 radical (unpaired) electrons. The number of hydrogen-bond acceptors (Lipinski definition) is 1. The molecular formula is C8H18OSi. The highest BCUT2D eigenvalue weighted by molar-refractivity contribution is 6.36. The van der Waals surface area contributed by atoms with Crippen molar-refractivity contribution in [1.82, 2.24) is 0 Å². The van der Waals surface area contributed by atoms with E-state index in [9.17, 15) is 0 Å². The zero-order valence-electron chi connectivity index (χ0n) is 7.06. The van der Waals surface area contributed by atoms with Crippen LogP contribution in [-0.2, 0) is 0 Å². The molecule has 60 valence electrons. The Balaban J connectivity index is 3.55. The Kier molecular flexibility index (Phi) is 6.97. The van der Waals surface area contributed by atoms with Gasteiger partial charge in [0.25, 0.3) is 0 Å². The lowest BCUT2D eigenvalue weighted by Gasteiger charge is -1.98. The van der Waals surface area contributed by atoms with Crippen LogP contribution in [0.25, 0.3) is 0 Å². The van der Waals surface area contributed by atoms with Crippen LogP contribution in [0, 0.1) is 0 Å². The molecule has 0 atom stereocenters. The van der Waals surface area contributed by atoms with E-state index in [1.807, 2.05) is 0 Å². The van der Waals surface area contributed by atoms with Gasteiger partial charge in [0, 0.05) is 0 Å². The van der Waals surface area contributed by atoms with Gasteiger partial charge in [0.1, 0.15) is 0 Å². The van der Waals surface area contributed by atoms with Gasteiger partial charge in [-0.05, 0) is 12.8 Å². The average molecular weight is 158 g/mol. The van der Waals surface area contributed by atoms with E-state index in [-0.39, 0.29) is 0 Å². The summed E-state index contributed by atoms with van der Waals surface area (Å²) in [6.07, 6.45) is 6.84. The predicted molar refractivity (Wildman–Crippen MR) is 48.7 cm³/mol. The van der Waals surface area contributed by atoms with E-state index >= 15 is 0 Å². The van der Waals surface area contributed by atoms with Crippen LogP contribution in [0.5, 0.6) is 0 Å². The number of rotatable bonds is 5. The van der Waals surface area contributed by atoms with Gasteiger partial charge in [-0.3, -0.25) is 0 Å². The van der Waals surface area contributed by atoms with Gasteiger partial charge >= 0.3 is 0 Å². The quantitative estimate of drug-likeness (QED) is 0.602. The van der Waals surface area contributed by atoms with Gasteiger partial charge in [-0.1, -0.05) is 38.0 Å². The molecule has 1 nitrogen and oxygen atoms in total. The van der Waals surface area contributed by atoms with Gasteiger partial charge < -0.3 is 4.80 Å². The van der Waals surface area contributed by atoms with Crippen molar-refractivity contribution in [1.29, 1.82) is 0 Å². The summed E-state index contributed by atoms with van der Waals surface area (Å²) in [5, 5.41) is 1.34. The van der Waals surface area contributed by atoms with Gasteiger partial charge in [0.05, 0.1) is 0 Å². The third kappa shape index (κ3) is 4.76. The van der Waals surface area contributed by atoms with Crippen molar-refractivity contribution in [3.8, 4) is 0 Å². The molecule has 0 bridgehead atoms. The Labute approximate surface area is 66.1 Å². The smallest absolute Gasteiger partial charge is 0.183 e. The van der Waals surface area contributed by atoms with Crippen molar-refractivity contribution >= 4 is 9.76 Å². The van der Waals surface area contributed by atoms with Crippen LogP contribution < -0.4 is 0 Å². The molecule has 0 aromatic carbocycles. The van der Waals surface area contributed by atoms with Crippen LogP contribution in [0.2, 0.25) is 0 Å². The van der Waals surface area contributed by atoms with Crippen LogP contribution in [0.1, 0.15) is 39.5 Å². The first-order valence-electron chi connectivity index (χ1n) is 4.13. The molecule has 0 amide bonds. The van der Waals surface area contributed by atoms with E-state index < -0.39 is 9.76 Å². The Bertz CT molecular complexity index is 99.4. The fourth-order valence-corrected chi connectivity index (χ4v) is 1.76. The fraction of sp³-hybridized carbons (Fsp3) is 0.750. The fourth-order valence-electron chi connectivity index (χ4n) is 0.915. The summed E-state index contributed by atoms with van der Waals surface area (Å²) in [5.74, 6) is 0. The van der Waals surface area contributed by atoms with Crippen molar-refractivity contribution in [3.05, 3.63) is 11.3 Å². The molecule has 1 N–H and O–H groups in total. The molecule has 0 fully saturated rings. The zero-order chi connectivity index (χ0) is 7.82. The van der Waals surface area contributed by atoms with E-state index in [4.69, 9.17) is 4.80 Å². The molecule has 2 heteroatoms. The maximum Gasteiger partial charge on any atom is 0.183 e. The van der Waals surface area contributed by atoms with Gasteiger partial charge in [0.2, 0.25) is 0 Å². The van der Waals surface area contributed by atoms with Crippen molar-refractivity contribution in [3.63, 3.8) is 0 Å². The van der Waals surface area contributed by atoms with Gasteiger partial charge in [0.15, 0.2) is 9.76 Å². The summed E-state index contributed by atoms with van der Waals surface area (Å²) < 4.78 is 0. The Morgan fingerprint density at radius 2 is 2.10 bits per heavy atom. The van der Waals surface area contributed by atoms with Gasteiger partial charge in [-0.15, -0.1) is 0 Å². The molecule has 0 rings (SSSR count). The summed E-state index contributed by atoms with van der Waals surface area (Å²) in [7, 11) is -0.842. The largest absolute Gasteiger partial charge is 0.434 e. The summed E-state index contributed by atoms with van der Waals surface area (Å²) >= 11 is 0. The molecule has 0 spiro atoms. The van der Waals surface area contributed by atoms with Crippen molar-refractivity contribution in [2.24, 2.45) is 0 Å². The van der Waals surface area contributed by atoms with Crippen LogP contribution in [0.4, 0.5) is 0 Å². The summed E-state index contributed by atoms with van der Waals surface area (Å²) in [5.41, 5.74) is 0. The highest BCUT2D eigenvalue weighted by atomic mass is 28.2. The van der Waals surface area contributed by atoms with Gasteiger partial charge in [-0.2, -0.15) is 0 Å². The van der Waals surface area contributed by atoms with Crippen LogP contribution in [-0.4, -0.2) is 14.6 Å². The average Bonchev–Trinajstić information content (AvgIpc) is 1.98. The molecule has 0 unspecified atom stereocenters. The Morgan fingerprint density at radius 1 is 1.40 bits per heavy atom. The molecule has 0 aliphatic carbocycles. The maximum atomic E-state index is 8.95. The lowest BCUT2D eigenvalue weighted by Crippen LogP contribution is -1.94. The summed E-state index contributed by atoms with van der Waals surface area (Å²) in [4.78, 5) is 8.95. The molecule has 0 aromatic heterocycles.